The number of aliphatic hydroxyl groups is 1. The molecule has 6 rings (SSSR count). The van der Waals surface area contributed by atoms with Crippen molar-refractivity contribution < 1.29 is 14.6 Å². The minimum atomic E-state index is -0.448. The van der Waals surface area contributed by atoms with Crippen LogP contribution in [-0.2, 0) is 17.8 Å². The molecule has 0 bridgehead atoms. The largest absolute Gasteiger partial charge is 0.462 e. The second-order valence-corrected chi connectivity index (χ2v) is 11.3. The molecule has 3 aromatic rings. The molecule has 0 spiro atoms. The number of nitriles is 1. The summed E-state index contributed by atoms with van der Waals surface area (Å²) in [6.07, 6.45) is 2.57. The molecule has 2 aromatic carbocycles. The fraction of sp³-hybridized carbons (Fsp3) is 0.438. The fourth-order valence-corrected chi connectivity index (χ4v) is 6.53. The fourth-order valence-electron chi connectivity index (χ4n) is 6.53. The van der Waals surface area contributed by atoms with Crippen LogP contribution in [0, 0.1) is 11.3 Å². The third kappa shape index (κ3) is 5.38. The van der Waals surface area contributed by atoms with Crippen molar-refractivity contribution >= 4 is 28.2 Å². The smallest absolute Gasteiger partial charge is 0.318 e. The van der Waals surface area contributed by atoms with E-state index in [1.807, 2.05) is 7.05 Å². The van der Waals surface area contributed by atoms with Gasteiger partial charge in [0.25, 0.3) is 0 Å². The van der Waals surface area contributed by atoms with E-state index in [2.05, 4.69) is 69.8 Å². The highest BCUT2D eigenvalue weighted by atomic mass is 16.5. The number of rotatable bonds is 7. The van der Waals surface area contributed by atoms with Crippen LogP contribution in [0.2, 0.25) is 0 Å². The van der Waals surface area contributed by atoms with Crippen molar-refractivity contribution in [2.45, 2.75) is 44.0 Å². The molecule has 0 unspecified atom stereocenters. The summed E-state index contributed by atoms with van der Waals surface area (Å²) in [4.78, 5) is 30.7. The van der Waals surface area contributed by atoms with Crippen LogP contribution in [0.5, 0.6) is 6.01 Å². The molecule has 2 saturated heterocycles. The van der Waals surface area contributed by atoms with Gasteiger partial charge in [-0.05, 0) is 37.4 Å². The van der Waals surface area contributed by atoms with Gasteiger partial charge in [0, 0.05) is 49.4 Å². The molecule has 1 amide bonds. The van der Waals surface area contributed by atoms with E-state index in [9.17, 15) is 15.2 Å². The Hall–Kier alpha value is -4.20. The van der Waals surface area contributed by atoms with E-state index in [0.717, 1.165) is 43.0 Å². The maximum atomic E-state index is 12.5. The van der Waals surface area contributed by atoms with Gasteiger partial charge in [0.15, 0.2) is 0 Å². The standard InChI is InChI=1S/C32H37N7O3/c1-3-30(41)39-18-17-38(19-23(39)11-14-33)31-25-12-16-37(27-10-6-8-22-7-4-5-9-24(22)27)20-26(25)34-32(35-31)42-21-28-29(40)13-15-36(28)2/h3-10,23,28-29,40H,1,11-13,15-21H2,2H3/t23-,28+,29-/m0/s1. The lowest BCUT2D eigenvalue weighted by molar-refractivity contribution is -0.128. The van der Waals surface area contributed by atoms with Gasteiger partial charge in [-0.15, -0.1) is 0 Å². The van der Waals surface area contributed by atoms with E-state index in [-0.39, 0.29) is 30.4 Å². The predicted molar refractivity (Wildman–Crippen MR) is 161 cm³/mol. The molecule has 3 aliphatic rings. The van der Waals surface area contributed by atoms with Crippen molar-refractivity contribution in [3.8, 4) is 12.1 Å². The van der Waals surface area contributed by atoms with Crippen LogP contribution in [0.15, 0.2) is 55.1 Å². The quantitative estimate of drug-likeness (QED) is 0.431. The van der Waals surface area contributed by atoms with Crippen LogP contribution >= 0.6 is 0 Å². The lowest BCUT2D eigenvalue weighted by Crippen LogP contribution is -2.55. The maximum absolute atomic E-state index is 12.5. The van der Waals surface area contributed by atoms with Crippen molar-refractivity contribution in [3.63, 3.8) is 0 Å². The first-order valence-electron chi connectivity index (χ1n) is 14.7. The first-order valence-corrected chi connectivity index (χ1v) is 14.7. The number of fused-ring (bicyclic) bond motifs is 2. The van der Waals surface area contributed by atoms with Crippen LogP contribution in [0.4, 0.5) is 11.5 Å². The lowest BCUT2D eigenvalue weighted by Gasteiger charge is -2.42. The van der Waals surface area contributed by atoms with E-state index in [0.29, 0.717) is 32.8 Å². The molecule has 42 heavy (non-hydrogen) atoms. The Balaban J connectivity index is 1.33. The number of piperazine rings is 1. The minimum Gasteiger partial charge on any atom is -0.462 e. The lowest BCUT2D eigenvalue weighted by atomic mass is 10.0. The summed E-state index contributed by atoms with van der Waals surface area (Å²) < 4.78 is 6.19. The summed E-state index contributed by atoms with van der Waals surface area (Å²) in [5.74, 6) is 0.648. The zero-order chi connectivity index (χ0) is 29.2. The second kappa shape index (κ2) is 12.0. The summed E-state index contributed by atoms with van der Waals surface area (Å²) in [5, 5.41) is 22.4. The molecule has 10 heteroatoms. The normalized spacial score (nSPS) is 22.6. The Morgan fingerprint density at radius 3 is 2.76 bits per heavy atom. The second-order valence-electron chi connectivity index (χ2n) is 11.3. The van der Waals surface area contributed by atoms with E-state index < -0.39 is 6.10 Å². The van der Waals surface area contributed by atoms with Crippen LogP contribution < -0.4 is 14.5 Å². The van der Waals surface area contributed by atoms with Crippen LogP contribution in [-0.4, -0.2) is 95.3 Å². The summed E-state index contributed by atoms with van der Waals surface area (Å²) >= 11 is 0. The van der Waals surface area contributed by atoms with Gasteiger partial charge in [0.2, 0.25) is 5.91 Å². The molecule has 0 radical (unpaired) electrons. The highest BCUT2D eigenvalue weighted by Gasteiger charge is 2.34. The Morgan fingerprint density at radius 1 is 1.14 bits per heavy atom. The summed E-state index contributed by atoms with van der Waals surface area (Å²) in [5.41, 5.74) is 3.16. The molecule has 2 fully saturated rings. The molecule has 0 saturated carbocycles. The first-order chi connectivity index (χ1) is 20.5. The van der Waals surface area contributed by atoms with Crippen LogP contribution in [0.1, 0.15) is 24.1 Å². The summed E-state index contributed by atoms with van der Waals surface area (Å²) in [6, 6.07) is 16.9. The number of carbonyl (C=O) groups is 1. The van der Waals surface area contributed by atoms with Gasteiger partial charge >= 0.3 is 6.01 Å². The zero-order valence-electron chi connectivity index (χ0n) is 24.0. The van der Waals surface area contributed by atoms with Gasteiger partial charge in [0.05, 0.1) is 42.9 Å². The number of aromatic nitrogens is 2. The van der Waals surface area contributed by atoms with Crippen LogP contribution in [0.25, 0.3) is 10.8 Å². The van der Waals surface area contributed by atoms with Gasteiger partial charge in [-0.3, -0.25) is 9.69 Å². The van der Waals surface area contributed by atoms with Gasteiger partial charge < -0.3 is 24.5 Å². The van der Waals surface area contributed by atoms with E-state index >= 15 is 0 Å². The number of anilines is 2. The maximum Gasteiger partial charge on any atom is 0.318 e. The van der Waals surface area contributed by atoms with E-state index in [1.54, 1.807) is 4.90 Å². The van der Waals surface area contributed by atoms with Gasteiger partial charge in [-0.1, -0.05) is 43.0 Å². The number of nitrogens with zero attached hydrogens (tertiary/aromatic N) is 7. The van der Waals surface area contributed by atoms with Crippen LogP contribution in [0.3, 0.4) is 0 Å². The van der Waals surface area contributed by atoms with Crippen molar-refractivity contribution in [1.82, 2.24) is 19.8 Å². The molecule has 1 N–H and O–H groups in total. The first kappa shape index (κ1) is 27.9. The Bertz CT molecular complexity index is 1510. The van der Waals surface area contributed by atoms with Crippen molar-refractivity contribution in [2.75, 3.05) is 56.2 Å². The Morgan fingerprint density at radius 2 is 1.98 bits per heavy atom. The van der Waals surface area contributed by atoms with Crippen molar-refractivity contribution in [1.29, 1.82) is 5.26 Å². The van der Waals surface area contributed by atoms with Gasteiger partial charge in [-0.25, -0.2) is 0 Å². The molecule has 10 nitrogen and oxygen atoms in total. The summed E-state index contributed by atoms with van der Waals surface area (Å²) in [7, 11) is 1.99. The third-order valence-corrected chi connectivity index (χ3v) is 8.87. The predicted octanol–water partition coefficient (Wildman–Crippen LogP) is 2.75. The highest BCUT2D eigenvalue weighted by molar-refractivity contribution is 5.94. The highest BCUT2D eigenvalue weighted by Crippen LogP contribution is 2.35. The van der Waals surface area contributed by atoms with Crippen molar-refractivity contribution in [3.05, 3.63) is 66.4 Å². The van der Waals surface area contributed by atoms with Gasteiger partial charge in [-0.2, -0.15) is 15.2 Å². The average Bonchev–Trinajstić information content (AvgIpc) is 3.34. The number of amides is 1. The van der Waals surface area contributed by atoms with Crippen molar-refractivity contribution in [2.24, 2.45) is 0 Å². The molecule has 3 aliphatic heterocycles. The SMILES string of the molecule is C=CC(=O)N1CCN(c2nc(OC[C@@H]3[C@@H](O)CCN3C)nc3c2CCN(c2cccc4ccccc24)C3)C[C@@H]1CC#N. The van der Waals surface area contributed by atoms with E-state index in [1.165, 1.54) is 22.5 Å². The molecule has 3 atom stereocenters. The summed E-state index contributed by atoms with van der Waals surface area (Å²) in [6.45, 7) is 7.73. The molecular formula is C32H37N7O3. The van der Waals surface area contributed by atoms with Gasteiger partial charge in [0.1, 0.15) is 12.4 Å². The van der Waals surface area contributed by atoms with E-state index in [4.69, 9.17) is 14.7 Å². The molecular weight excluding hydrogens is 530 g/mol. The number of hydrogen-bond acceptors (Lipinski definition) is 9. The average molecular weight is 568 g/mol. The number of likely N-dealkylation sites (N-methyl/N-ethyl adjacent to an activating group) is 1. The number of ether oxygens (including phenoxy) is 1. The number of hydrogen-bond donors (Lipinski definition) is 1. The zero-order valence-corrected chi connectivity index (χ0v) is 24.0. The molecule has 4 heterocycles. The monoisotopic (exact) mass is 567 g/mol. The number of likely N-dealkylation sites (tertiary alicyclic amines) is 1. The minimum absolute atomic E-state index is 0.117. The number of benzene rings is 2. The molecule has 1 aromatic heterocycles. The molecule has 0 aliphatic carbocycles. The number of aliphatic hydroxyl groups excluding tert-OH is 1. The third-order valence-electron chi connectivity index (χ3n) is 8.87. The topological polar surface area (TPSA) is 109 Å². The Labute approximate surface area is 246 Å². The number of carbonyl (C=O) groups excluding carboxylic acids is 1. The molecule has 218 valence electrons. The Kier molecular flexibility index (Phi) is 7.96.